The predicted molar refractivity (Wildman–Crippen MR) is 61.7 cm³/mol. The van der Waals surface area contributed by atoms with Crippen LogP contribution in [0, 0.1) is 0 Å². The van der Waals surface area contributed by atoms with E-state index in [1.165, 1.54) is 24.2 Å². The Balaban J connectivity index is 1.61. The molecule has 1 saturated heterocycles. The molecule has 1 aliphatic heterocycles. The van der Waals surface area contributed by atoms with E-state index in [0.29, 0.717) is 17.7 Å². The molecule has 1 N–H and O–H groups in total. The molecule has 1 unspecified atom stereocenters. The lowest BCUT2D eigenvalue weighted by Crippen LogP contribution is -2.26. The molecule has 0 bridgehead atoms. The molecule has 2 fully saturated rings. The molecule has 1 saturated carbocycles. The first-order valence-electron chi connectivity index (χ1n) is 5.71. The Labute approximate surface area is 98.0 Å². The first kappa shape index (κ1) is 10.2. The van der Waals surface area contributed by atoms with Crippen LogP contribution >= 0.6 is 11.3 Å². The third-order valence-corrected chi connectivity index (χ3v) is 3.75. The van der Waals surface area contributed by atoms with Gasteiger partial charge in [-0.25, -0.2) is 4.98 Å². The summed E-state index contributed by atoms with van der Waals surface area (Å²) >= 11 is 1.51. The Bertz CT molecular complexity index is 394. The molecular weight excluding hydrogens is 224 g/mol. The minimum absolute atomic E-state index is 0.0470. The van der Waals surface area contributed by atoms with Gasteiger partial charge >= 0.3 is 0 Å². The average Bonchev–Trinajstić information content (AvgIpc) is 2.82. The van der Waals surface area contributed by atoms with Gasteiger partial charge in [-0.1, -0.05) is 0 Å². The second kappa shape index (κ2) is 4.14. The molecule has 4 nitrogen and oxygen atoms in total. The smallest absolute Gasteiger partial charge is 0.255 e. The number of thiazole rings is 1. The zero-order valence-electron chi connectivity index (χ0n) is 8.94. The van der Waals surface area contributed by atoms with Crippen molar-refractivity contribution < 1.29 is 9.53 Å². The van der Waals surface area contributed by atoms with Crippen molar-refractivity contribution in [2.45, 2.75) is 37.7 Å². The third-order valence-electron chi connectivity index (χ3n) is 2.97. The van der Waals surface area contributed by atoms with E-state index < -0.39 is 0 Å². The molecule has 1 aromatic heterocycles. The highest BCUT2D eigenvalue weighted by Gasteiger charge is 2.27. The molecule has 1 aromatic rings. The maximum atomic E-state index is 11.7. The summed E-state index contributed by atoms with van der Waals surface area (Å²) in [6, 6.07) is 0. The van der Waals surface area contributed by atoms with Crippen molar-refractivity contribution in [2.75, 3.05) is 11.9 Å². The Morgan fingerprint density at radius 3 is 3.06 bits per heavy atom. The number of hydrogen-bond donors (Lipinski definition) is 1. The van der Waals surface area contributed by atoms with Gasteiger partial charge in [0, 0.05) is 17.9 Å². The van der Waals surface area contributed by atoms with Gasteiger partial charge in [0.2, 0.25) is 0 Å². The highest BCUT2D eigenvalue weighted by atomic mass is 32.1. The van der Waals surface area contributed by atoms with Crippen LogP contribution in [0.4, 0.5) is 5.13 Å². The standard InChI is InChI=1S/C11H14N2O2S/c14-10(9-2-1-5-15-9)13-11-12-8(6-16-11)7-3-4-7/h6-7,9H,1-5H2,(H,12,13,14). The van der Waals surface area contributed by atoms with Crippen molar-refractivity contribution in [3.8, 4) is 0 Å². The first-order valence-corrected chi connectivity index (χ1v) is 6.59. The Morgan fingerprint density at radius 2 is 2.38 bits per heavy atom. The number of ether oxygens (including phenoxy) is 1. The molecular formula is C11H14N2O2S. The summed E-state index contributed by atoms with van der Waals surface area (Å²) in [7, 11) is 0. The fourth-order valence-electron chi connectivity index (χ4n) is 1.88. The lowest BCUT2D eigenvalue weighted by molar-refractivity contribution is -0.124. The Hall–Kier alpha value is -0.940. The number of amides is 1. The van der Waals surface area contributed by atoms with Crippen LogP contribution in [-0.4, -0.2) is 23.6 Å². The molecule has 0 aromatic carbocycles. The van der Waals surface area contributed by atoms with Crippen LogP contribution in [0.1, 0.15) is 37.3 Å². The summed E-state index contributed by atoms with van der Waals surface area (Å²) in [5.41, 5.74) is 1.13. The average molecular weight is 238 g/mol. The lowest BCUT2D eigenvalue weighted by atomic mass is 10.2. The fraction of sp³-hybridized carbons (Fsp3) is 0.636. The molecule has 0 spiro atoms. The number of rotatable bonds is 3. The third kappa shape index (κ3) is 2.10. The van der Waals surface area contributed by atoms with E-state index in [1.807, 2.05) is 5.38 Å². The predicted octanol–water partition coefficient (Wildman–Crippen LogP) is 2.14. The van der Waals surface area contributed by atoms with Crippen molar-refractivity contribution >= 4 is 22.4 Å². The molecule has 5 heteroatoms. The second-order valence-corrected chi connectivity index (χ2v) is 5.20. The molecule has 0 radical (unpaired) electrons. The van der Waals surface area contributed by atoms with Crippen molar-refractivity contribution in [3.63, 3.8) is 0 Å². The van der Waals surface area contributed by atoms with E-state index in [4.69, 9.17) is 4.74 Å². The number of nitrogens with zero attached hydrogens (tertiary/aromatic N) is 1. The normalized spacial score (nSPS) is 24.6. The Morgan fingerprint density at radius 1 is 1.50 bits per heavy atom. The highest BCUT2D eigenvalue weighted by Crippen LogP contribution is 2.40. The quantitative estimate of drug-likeness (QED) is 0.877. The summed E-state index contributed by atoms with van der Waals surface area (Å²) in [5.74, 6) is 0.596. The lowest BCUT2D eigenvalue weighted by Gasteiger charge is -2.07. The zero-order chi connectivity index (χ0) is 11.0. The summed E-state index contributed by atoms with van der Waals surface area (Å²) in [4.78, 5) is 16.2. The van der Waals surface area contributed by atoms with Crippen molar-refractivity contribution in [3.05, 3.63) is 11.1 Å². The first-order chi connectivity index (χ1) is 7.83. The number of carbonyl (C=O) groups excluding carboxylic acids is 1. The number of carbonyl (C=O) groups is 1. The van der Waals surface area contributed by atoms with Crippen LogP contribution in [0.2, 0.25) is 0 Å². The van der Waals surface area contributed by atoms with Crippen LogP contribution < -0.4 is 5.32 Å². The van der Waals surface area contributed by atoms with Gasteiger partial charge < -0.3 is 4.74 Å². The number of anilines is 1. The maximum absolute atomic E-state index is 11.7. The number of aromatic nitrogens is 1. The summed E-state index contributed by atoms with van der Waals surface area (Å²) < 4.78 is 5.32. The van der Waals surface area contributed by atoms with Crippen LogP contribution in [0.25, 0.3) is 0 Å². The molecule has 16 heavy (non-hydrogen) atoms. The van der Waals surface area contributed by atoms with Crippen molar-refractivity contribution in [2.24, 2.45) is 0 Å². The summed E-state index contributed by atoms with van der Waals surface area (Å²) in [5, 5.41) is 5.59. The van der Waals surface area contributed by atoms with Gasteiger partial charge in [0.1, 0.15) is 6.10 Å². The van der Waals surface area contributed by atoms with Gasteiger partial charge in [-0.3, -0.25) is 10.1 Å². The van der Waals surface area contributed by atoms with E-state index >= 15 is 0 Å². The van der Waals surface area contributed by atoms with E-state index in [0.717, 1.165) is 18.5 Å². The van der Waals surface area contributed by atoms with Gasteiger partial charge in [-0.05, 0) is 25.7 Å². The fourth-order valence-corrected chi connectivity index (χ4v) is 2.68. The van der Waals surface area contributed by atoms with Crippen LogP contribution in [0.5, 0.6) is 0 Å². The van der Waals surface area contributed by atoms with Crippen molar-refractivity contribution in [1.29, 1.82) is 0 Å². The van der Waals surface area contributed by atoms with Gasteiger partial charge in [0.15, 0.2) is 5.13 Å². The van der Waals surface area contributed by atoms with Gasteiger partial charge in [-0.2, -0.15) is 0 Å². The highest BCUT2D eigenvalue weighted by molar-refractivity contribution is 7.13. The monoisotopic (exact) mass is 238 g/mol. The van der Waals surface area contributed by atoms with Crippen molar-refractivity contribution in [1.82, 2.24) is 4.98 Å². The maximum Gasteiger partial charge on any atom is 0.255 e. The van der Waals surface area contributed by atoms with E-state index in [1.54, 1.807) is 0 Å². The molecule has 86 valence electrons. The molecule has 3 rings (SSSR count). The van der Waals surface area contributed by atoms with Crippen LogP contribution in [0.15, 0.2) is 5.38 Å². The molecule has 1 aliphatic carbocycles. The number of nitrogens with one attached hydrogen (secondary N) is 1. The minimum atomic E-state index is -0.270. The number of hydrogen-bond acceptors (Lipinski definition) is 4. The van der Waals surface area contributed by atoms with Crippen LogP contribution in [-0.2, 0) is 9.53 Å². The van der Waals surface area contributed by atoms with E-state index in [9.17, 15) is 4.79 Å². The van der Waals surface area contributed by atoms with Crippen LogP contribution in [0.3, 0.4) is 0 Å². The van der Waals surface area contributed by atoms with Gasteiger partial charge in [0.05, 0.1) is 5.69 Å². The zero-order valence-corrected chi connectivity index (χ0v) is 9.76. The van der Waals surface area contributed by atoms with E-state index in [2.05, 4.69) is 10.3 Å². The largest absolute Gasteiger partial charge is 0.368 e. The summed E-state index contributed by atoms with van der Waals surface area (Å²) in [6.07, 6.45) is 4.01. The molecule has 1 amide bonds. The van der Waals surface area contributed by atoms with E-state index in [-0.39, 0.29) is 12.0 Å². The molecule has 2 heterocycles. The molecule has 2 aliphatic rings. The van der Waals surface area contributed by atoms with Gasteiger partial charge in [0.25, 0.3) is 5.91 Å². The van der Waals surface area contributed by atoms with Gasteiger partial charge in [-0.15, -0.1) is 11.3 Å². The SMILES string of the molecule is O=C(Nc1nc(C2CC2)cs1)C1CCCO1. The Kier molecular flexibility index (Phi) is 2.65. The molecule has 1 atom stereocenters. The second-order valence-electron chi connectivity index (χ2n) is 4.34. The topological polar surface area (TPSA) is 51.2 Å². The summed E-state index contributed by atoms with van der Waals surface area (Å²) in [6.45, 7) is 0.698. The minimum Gasteiger partial charge on any atom is -0.368 e.